The molecule has 0 saturated carbocycles. The number of amides is 1. The highest BCUT2D eigenvalue weighted by Gasteiger charge is 2.10. The van der Waals surface area contributed by atoms with Crippen molar-refractivity contribution in [2.24, 2.45) is 5.92 Å². The normalized spacial score (nSPS) is 13.2. The molecule has 1 amide bonds. The predicted octanol–water partition coefficient (Wildman–Crippen LogP) is 1.02. The maximum absolute atomic E-state index is 11.2. The molecule has 11 heavy (non-hydrogen) atoms. The number of nitrogens with one attached hydrogen (secondary N) is 1. The van der Waals surface area contributed by atoms with Crippen LogP contribution in [0.4, 0.5) is 0 Å². The highest BCUT2D eigenvalue weighted by Crippen LogP contribution is 2.03. The first-order chi connectivity index (χ1) is 5.07. The molecule has 0 bridgehead atoms. The molecule has 1 N–H and O–H groups in total. The number of carbonyl (C=O) groups excluding carboxylic acids is 1. The molecular weight excluding hydrogens is 140 g/mol. The molecule has 1 atom stereocenters. The number of rotatable bonds is 4. The Morgan fingerprint density at radius 2 is 2.09 bits per heavy atom. The quantitative estimate of drug-likeness (QED) is 0.619. The van der Waals surface area contributed by atoms with E-state index in [1.165, 1.54) is 0 Å². The van der Waals surface area contributed by atoms with Crippen LogP contribution in [-0.2, 0) is 4.79 Å². The summed E-state index contributed by atoms with van der Waals surface area (Å²) in [6.45, 7) is 4.03. The molecule has 0 fully saturated rings. The molecule has 0 aliphatic heterocycles. The van der Waals surface area contributed by atoms with E-state index in [1.807, 2.05) is 21.0 Å². The van der Waals surface area contributed by atoms with E-state index >= 15 is 0 Å². The Kier molecular flexibility index (Phi) is 4.86. The van der Waals surface area contributed by atoms with Gasteiger partial charge in [-0.3, -0.25) is 10.2 Å². The molecule has 0 radical (unpaired) electrons. The molecule has 3 nitrogen and oxygen atoms in total. The van der Waals surface area contributed by atoms with E-state index in [9.17, 15) is 4.79 Å². The number of carbonyl (C=O) groups is 1. The summed E-state index contributed by atoms with van der Waals surface area (Å²) in [6, 6.07) is 0. The van der Waals surface area contributed by atoms with Crippen LogP contribution in [0.5, 0.6) is 0 Å². The van der Waals surface area contributed by atoms with E-state index < -0.39 is 0 Å². The Balaban J connectivity index is 3.64. The number of nitrogens with zero attached hydrogens (tertiary/aromatic N) is 1. The van der Waals surface area contributed by atoms with E-state index in [-0.39, 0.29) is 11.8 Å². The second-order valence-corrected chi connectivity index (χ2v) is 3.06. The van der Waals surface area contributed by atoms with Crippen molar-refractivity contribution in [1.29, 1.82) is 0 Å². The van der Waals surface area contributed by atoms with Gasteiger partial charge in [0.15, 0.2) is 0 Å². The Bertz CT molecular complexity index is 123. The lowest BCUT2D eigenvalue weighted by Crippen LogP contribution is -2.39. The van der Waals surface area contributed by atoms with Crippen molar-refractivity contribution in [1.82, 2.24) is 10.4 Å². The summed E-state index contributed by atoms with van der Waals surface area (Å²) < 4.78 is 0. The van der Waals surface area contributed by atoms with Gasteiger partial charge < -0.3 is 0 Å². The van der Waals surface area contributed by atoms with Gasteiger partial charge in [-0.1, -0.05) is 20.3 Å². The smallest absolute Gasteiger partial charge is 0.237 e. The lowest BCUT2D eigenvalue weighted by Gasteiger charge is -2.15. The van der Waals surface area contributed by atoms with Gasteiger partial charge in [0.2, 0.25) is 5.91 Å². The highest BCUT2D eigenvalue weighted by molar-refractivity contribution is 5.77. The molecular formula is C8H18N2O. The van der Waals surface area contributed by atoms with Gasteiger partial charge in [-0.05, 0) is 6.42 Å². The second kappa shape index (κ2) is 5.13. The van der Waals surface area contributed by atoms with Crippen LogP contribution in [0.25, 0.3) is 0 Å². The number of hydrazine groups is 1. The summed E-state index contributed by atoms with van der Waals surface area (Å²) in [6.07, 6.45) is 2.02. The van der Waals surface area contributed by atoms with Crippen molar-refractivity contribution in [2.45, 2.75) is 26.7 Å². The lowest BCUT2D eigenvalue weighted by molar-refractivity contribution is -0.128. The maximum Gasteiger partial charge on any atom is 0.237 e. The minimum absolute atomic E-state index is 0.108. The van der Waals surface area contributed by atoms with Gasteiger partial charge >= 0.3 is 0 Å². The molecule has 0 spiro atoms. The van der Waals surface area contributed by atoms with E-state index in [0.717, 1.165) is 12.8 Å². The third-order valence-corrected chi connectivity index (χ3v) is 1.50. The first kappa shape index (κ1) is 10.4. The minimum atomic E-state index is 0.108. The van der Waals surface area contributed by atoms with Crippen LogP contribution in [-0.4, -0.2) is 25.0 Å². The molecule has 0 aromatic carbocycles. The van der Waals surface area contributed by atoms with Crippen LogP contribution >= 0.6 is 0 Å². The van der Waals surface area contributed by atoms with Gasteiger partial charge in [0.05, 0.1) is 0 Å². The Labute approximate surface area is 68.7 Å². The molecule has 0 aliphatic carbocycles. The van der Waals surface area contributed by atoms with Crippen LogP contribution in [0.3, 0.4) is 0 Å². The summed E-state index contributed by atoms with van der Waals surface area (Å²) in [5, 5.41) is 1.68. The third-order valence-electron chi connectivity index (χ3n) is 1.50. The standard InChI is InChI=1S/C8H18N2O/c1-5-6-7(2)8(11)9-10(3)4/h7H,5-6H2,1-4H3,(H,9,11). The van der Waals surface area contributed by atoms with Crippen LogP contribution in [0.2, 0.25) is 0 Å². The molecule has 0 rings (SSSR count). The summed E-state index contributed by atoms with van der Waals surface area (Å²) in [7, 11) is 3.63. The monoisotopic (exact) mass is 158 g/mol. The first-order valence-corrected chi connectivity index (χ1v) is 4.05. The van der Waals surface area contributed by atoms with Gasteiger partial charge in [0.25, 0.3) is 0 Å². The van der Waals surface area contributed by atoms with E-state index in [0.29, 0.717) is 0 Å². The zero-order chi connectivity index (χ0) is 8.85. The SMILES string of the molecule is CCCC(C)C(=O)NN(C)C. The van der Waals surface area contributed by atoms with Gasteiger partial charge in [0, 0.05) is 20.0 Å². The van der Waals surface area contributed by atoms with Crippen molar-refractivity contribution < 1.29 is 4.79 Å². The van der Waals surface area contributed by atoms with Crippen molar-refractivity contribution in [3.63, 3.8) is 0 Å². The Morgan fingerprint density at radius 3 is 2.45 bits per heavy atom. The average Bonchev–Trinajstić information content (AvgIpc) is 1.86. The van der Waals surface area contributed by atoms with Gasteiger partial charge in [-0.15, -0.1) is 0 Å². The fourth-order valence-electron chi connectivity index (χ4n) is 0.895. The van der Waals surface area contributed by atoms with E-state index in [1.54, 1.807) is 5.01 Å². The highest BCUT2D eigenvalue weighted by atomic mass is 16.2. The van der Waals surface area contributed by atoms with Crippen molar-refractivity contribution in [3.8, 4) is 0 Å². The summed E-state index contributed by atoms with van der Waals surface area (Å²) >= 11 is 0. The largest absolute Gasteiger partial charge is 0.289 e. The van der Waals surface area contributed by atoms with Gasteiger partial charge in [0.1, 0.15) is 0 Å². The maximum atomic E-state index is 11.2. The topological polar surface area (TPSA) is 32.3 Å². The second-order valence-electron chi connectivity index (χ2n) is 3.06. The van der Waals surface area contributed by atoms with E-state index in [2.05, 4.69) is 12.3 Å². The fourth-order valence-corrected chi connectivity index (χ4v) is 0.895. The predicted molar refractivity (Wildman–Crippen MR) is 45.9 cm³/mol. The van der Waals surface area contributed by atoms with Crippen LogP contribution in [0.1, 0.15) is 26.7 Å². The minimum Gasteiger partial charge on any atom is -0.289 e. The van der Waals surface area contributed by atoms with Crippen molar-refractivity contribution in [3.05, 3.63) is 0 Å². The molecule has 0 heterocycles. The zero-order valence-corrected chi connectivity index (χ0v) is 7.85. The van der Waals surface area contributed by atoms with E-state index in [4.69, 9.17) is 0 Å². The molecule has 3 heteroatoms. The zero-order valence-electron chi connectivity index (χ0n) is 7.85. The van der Waals surface area contributed by atoms with Gasteiger partial charge in [-0.2, -0.15) is 0 Å². The van der Waals surface area contributed by atoms with Crippen molar-refractivity contribution >= 4 is 5.91 Å². The third kappa shape index (κ3) is 4.79. The molecule has 66 valence electrons. The number of hydrogen-bond donors (Lipinski definition) is 1. The molecule has 1 unspecified atom stereocenters. The van der Waals surface area contributed by atoms with Crippen LogP contribution < -0.4 is 5.43 Å². The summed E-state index contributed by atoms with van der Waals surface area (Å²) in [5.74, 6) is 0.235. The number of hydrogen-bond acceptors (Lipinski definition) is 2. The van der Waals surface area contributed by atoms with Crippen LogP contribution in [0.15, 0.2) is 0 Å². The molecule has 0 aliphatic rings. The summed E-state index contributed by atoms with van der Waals surface area (Å²) in [5.41, 5.74) is 2.72. The molecule has 0 aromatic rings. The lowest BCUT2D eigenvalue weighted by atomic mass is 10.1. The van der Waals surface area contributed by atoms with Crippen LogP contribution in [0, 0.1) is 5.92 Å². The average molecular weight is 158 g/mol. The Morgan fingerprint density at radius 1 is 1.55 bits per heavy atom. The van der Waals surface area contributed by atoms with Gasteiger partial charge in [-0.25, -0.2) is 5.01 Å². The molecule has 0 aromatic heterocycles. The fraction of sp³-hybridized carbons (Fsp3) is 0.875. The van der Waals surface area contributed by atoms with Crippen molar-refractivity contribution in [2.75, 3.05) is 14.1 Å². The first-order valence-electron chi connectivity index (χ1n) is 4.05. The summed E-state index contributed by atoms with van der Waals surface area (Å²) in [4.78, 5) is 11.2. The Hall–Kier alpha value is -0.570. The molecule has 0 saturated heterocycles.